The highest BCUT2D eigenvalue weighted by atomic mass is 35.5. The number of carbonyl (C=O) groups excluding carboxylic acids is 1. The first-order valence-corrected chi connectivity index (χ1v) is 5.27. The number of halogens is 1. The molecule has 0 rings (SSSR count). The Morgan fingerprint density at radius 2 is 2.29 bits per heavy atom. The summed E-state index contributed by atoms with van der Waals surface area (Å²) in [5.41, 5.74) is -0.493. The van der Waals surface area contributed by atoms with Crippen LogP contribution in [0, 0.1) is 11.8 Å². The molecule has 0 spiro atoms. The van der Waals surface area contributed by atoms with E-state index in [1.807, 2.05) is 6.92 Å². The standard InChI is InChI=1S/C11H17ClO2/c1-11(14-2,8-6-10-13)7-4-3-5-9-12/h10H,3,5-6,8-9H2,1-2H3. The molecule has 0 aliphatic heterocycles. The summed E-state index contributed by atoms with van der Waals surface area (Å²) in [6.45, 7) is 1.89. The molecule has 0 saturated carbocycles. The summed E-state index contributed by atoms with van der Waals surface area (Å²) < 4.78 is 5.25. The summed E-state index contributed by atoms with van der Waals surface area (Å²) in [6, 6.07) is 0. The highest BCUT2D eigenvalue weighted by Gasteiger charge is 2.19. The number of rotatable bonds is 6. The van der Waals surface area contributed by atoms with Crippen molar-refractivity contribution >= 4 is 17.9 Å². The SMILES string of the molecule is COC(C)(C#CCCCCl)CCC=O. The lowest BCUT2D eigenvalue weighted by Crippen LogP contribution is -2.25. The van der Waals surface area contributed by atoms with Crippen molar-refractivity contribution in [1.82, 2.24) is 0 Å². The van der Waals surface area contributed by atoms with Gasteiger partial charge in [0.1, 0.15) is 11.9 Å². The summed E-state index contributed by atoms with van der Waals surface area (Å²) in [6.07, 6.45) is 3.68. The Kier molecular flexibility index (Phi) is 7.55. The highest BCUT2D eigenvalue weighted by Crippen LogP contribution is 2.14. The Bertz CT molecular complexity index is 217. The van der Waals surface area contributed by atoms with E-state index in [4.69, 9.17) is 16.3 Å². The predicted molar refractivity (Wildman–Crippen MR) is 58.4 cm³/mol. The first kappa shape index (κ1) is 13.5. The molecule has 0 amide bonds. The molecule has 0 aliphatic rings. The summed E-state index contributed by atoms with van der Waals surface area (Å²) in [5.74, 6) is 6.67. The maximum Gasteiger partial charge on any atom is 0.125 e. The van der Waals surface area contributed by atoms with Crippen LogP contribution in [0.15, 0.2) is 0 Å². The van der Waals surface area contributed by atoms with Crippen LogP contribution in [-0.4, -0.2) is 24.9 Å². The van der Waals surface area contributed by atoms with Crippen LogP contribution < -0.4 is 0 Å². The van der Waals surface area contributed by atoms with E-state index in [0.717, 1.165) is 19.1 Å². The van der Waals surface area contributed by atoms with E-state index in [9.17, 15) is 4.79 Å². The second-order valence-electron chi connectivity index (χ2n) is 3.23. The average Bonchev–Trinajstić information content (AvgIpc) is 2.22. The van der Waals surface area contributed by atoms with Gasteiger partial charge in [0.2, 0.25) is 0 Å². The van der Waals surface area contributed by atoms with Crippen LogP contribution in [-0.2, 0) is 9.53 Å². The molecule has 0 fully saturated rings. The molecule has 1 unspecified atom stereocenters. The molecular formula is C11H17ClO2. The lowest BCUT2D eigenvalue weighted by atomic mass is 10.0. The molecule has 0 saturated heterocycles. The molecule has 0 N–H and O–H groups in total. The summed E-state index contributed by atoms with van der Waals surface area (Å²) >= 11 is 5.52. The van der Waals surface area contributed by atoms with Crippen LogP contribution in [0.5, 0.6) is 0 Å². The minimum atomic E-state index is -0.493. The lowest BCUT2D eigenvalue weighted by molar-refractivity contribution is -0.108. The van der Waals surface area contributed by atoms with E-state index in [-0.39, 0.29) is 0 Å². The topological polar surface area (TPSA) is 26.3 Å². The molecule has 80 valence electrons. The van der Waals surface area contributed by atoms with Crippen molar-refractivity contribution in [3.05, 3.63) is 0 Å². The molecule has 0 aromatic rings. The first-order valence-electron chi connectivity index (χ1n) is 4.73. The molecule has 1 atom stereocenters. The van der Waals surface area contributed by atoms with Crippen molar-refractivity contribution < 1.29 is 9.53 Å². The van der Waals surface area contributed by atoms with Crippen LogP contribution in [0.2, 0.25) is 0 Å². The zero-order valence-electron chi connectivity index (χ0n) is 8.81. The number of hydrogen-bond donors (Lipinski definition) is 0. The van der Waals surface area contributed by atoms with Gasteiger partial charge in [-0.1, -0.05) is 5.92 Å². The fourth-order valence-electron chi connectivity index (χ4n) is 0.955. The predicted octanol–water partition coefficient (Wildman–Crippen LogP) is 2.39. The van der Waals surface area contributed by atoms with Gasteiger partial charge in [0.25, 0.3) is 0 Å². The number of methoxy groups -OCH3 is 1. The monoisotopic (exact) mass is 216 g/mol. The van der Waals surface area contributed by atoms with Crippen molar-refractivity contribution in [3.63, 3.8) is 0 Å². The molecule has 0 aliphatic carbocycles. The Morgan fingerprint density at radius 1 is 1.57 bits per heavy atom. The lowest BCUT2D eigenvalue weighted by Gasteiger charge is -2.20. The highest BCUT2D eigenvalue weighted by molar-refractivity contribution is 6.17. The first-order chi connectivity index (χ1) is 6.68. The number of unbranched alkanes of at least 4 members (excludes halogenated alkanes) is 1. The largest absolute Gasteiger partial charge is 0.366 e. The van der Waals surface area contributed by atoms with Gasteiger partial charge in [0, 0.05) is 25.8 Å². The summed E-state index contributed by atoms with van der Waals surface area (Å²) in [7, 11) is 1.61. The van der Waals surface area contributed by atoms with E-state index in [0.29, 0.717) is 18.7 Å². The third kappa shape index (κ3) is 6.01. The quantitative estimate of drug-likeness (QED) is 0.295. The van der Waals surface area contributed by atoms with Gasteiger partial charge in [-0.25, -0.2) is 0 Å². The number of hydrogen-bond acceptors (Lipinski definition) is 2. The fraction of sp³-hybridized carbons (Fsp3) is 0.727. The van der Waals surface area contributed by atoms with Crippen molar-refractivity contribution in [3.8, 4) is 11.8 Å². The molecule has 0 aromatic carbocycles. The number of alkyl halides is 1. The second-order valence-corrected chi connectivity index (χ2v) is 3.61. The van der Waals surface area contributed by atoms with Gasteiger partial charge in [0.15, 0.2) is 0 Å². The number of carbonyl (C=O) groups is 1. The third-order valence-corrected chi connectivity index (χ3v) is 2.25. The van der Waals surface area contributed by atoms with Crippen LogP contribution in [0.25, 0.3) is 0 Å². The maximum atomic E-state index is 10.2. The van der Waals surface area contributed by atoms with Gasteiger partial charge < -0.3 is 9.53 Å². The molecule has 3 heteroatoms. The van der Waals surface area contributed by atoms with Gasteiger partial charge in [-0.05, 0) is 19.8 Å². The van der Waals surface area contributed by atoms with E-state index in [1.54, 1.807) is 7.11 Å². The number of aldehydes is 1. The van der Waals surface area contributed by atoms with E-state index in [2.05, 4.69) is 11.8 Å². The fourth-order valence-corrected chi connectivity index (χ4v) is 1.09. The molecule has 2 nitrogen and oxygen atoms in total. The molecule has 0 aromatic heterocycles. The Hall–Kier alpha value is -0.520. The number of ether oxygens (including phenoxy) is 1. The molecular weight excluding hydrogens is 200 g/mol. The van der Waals surface area contributed by atoms with Crippen molar-refractivity contribution in [1.29, 1.82) is 0 Å². The van der Waals surface area contributed by atoms with E-state index in [1.165, 1.54) is 0 Å². The van der Waals surface area contributed by atoms with Crippen molar-refractivity contribution in [2.24, 2.45) is 0 Å². The maximum absolute atomic E-state index is 10.2. The van der Waals surface area contributed by atoms with Crippen LogP contribution in [0.1, 0.15) is 32.6 Å². The van der Waals surface area contributed by atoms with E-state index < -0.39 is 5.60 Å². The van der Waals surface area contributed by atoms with E-state index >= 15 is 0 Å². The Balaban J connectivity index is 4.05. The van der Waals surface area contributed by atoms with Gasteiger partial charge >= 0.3 is 0 Å². The molecule has 14 heavy (non-hydrogen) atoms. The van der Waals surface area contributed by atoms with Gasteiger partial charge in [0.05, 0.1) is 0 Å². The van der Waals surface area contributed by atoms with Crippen LogP contribution in [0.4, 0.5) is 0 Å². The van der Waals surface area contributed by atoms with Gasteiger partial charge in [-0.3, -0.25) is 0 Å². The second kappa shape index (κ2) is 7.84. The Labute approximate surface area is 91.0 Å². The molecule has 0 heterocycles. The molecule has 0 bridgehead atoms. The Morgan fingerprint density at radius 3 is 2.79 bits per heavy atom. The van der Waals surface area contributed by atoms with Crippen molar-refractivity contribution in [2.45, 2.75) is 38.2 Å². The van der Waals surface area contributed by atoms with Crippen molar-refractivity contribution in [2.75, 3.05) is 13.0 Å². The zero-order valence-corrected chi connectivity index (χ0v) is 9.56. The van der Waals surface area contributed by atoms with Gasteiger partial charge in [-0.15, -0.1) is 17.5 Å². The van der Waals surface area contributed by atoms with Crippen LogP contribution in [0.3, 0.4) is 0 Å². The molecule has 0 radical (unpaired) electrons. The normalized spacial score (nSPS) is 13.9. The zero-order chi connectivity index (χ0) is 10.9. The third-order valence-electron chi connectivity index (χ3n) is 1.98. The van der Waals surface area contributed by atoms with Crippen LogP contribution >= 0.6 is 11.6 Å². The average molecular weight is 217 g/mol. The minimum absolute atomic E-state index is 0.481. The summed E-state index contributed by atoms with van der Waals surface area (Å²) in [4.78, 5) is 10.2. The van der Waals surface area contributed by atoms with Gasteiger partial charge in [-0.2, -0.15) is 0 Å². The smallest absolute Gasteiger partial charge is 0.125 e. The minimum Gasteiger partial charge on any atom is -0.366 e. The summed E-state index contributed by atoms with van der Waals surface area (Å²) in [5, 5.41) is 0.